The highest BCUT2D eigenvalue weighted by Gasteiger charge is 2.23. The van der Waals surface area contributed by atoms with Crippen LogP contribution in [0, 0.1) is 0 Å². The van der Waals surface area contributed by atoms with Crippen LogP contribution in [-0.4, -0.2) is 48.7 Å². The predicted octanol–water partition coefficient (Wildman–Crippen LogP) is 1.96. The van der Waals surface area contributed by atoms with E-state index in [4.69, 9.17) is 22.5 Å². The zero-order chi connectivity index (χ0) is 14.7. The highest BCUT2D eigenvalue weighted by molar-refractivity contribution is 6.31. The van der Waals surface area contributed by atoms with Gasteiger partial charge in [-0.25, -0.2) is 0 Å². The molecule has 110 valence electrons. The van der Waals surface area contributed by atoms with Crippen LogP contribution in [0.25, 0.3) is 0 Å². The lowest BCUT2D eigenvalue weighted by molar-refractivity contribution is 0.318. The molecule has 1 fully saturated rings. The van der Waals surface area contributed by atoms with Crippen LogP contribution in [0.1, 0.15) is 18.9 Å². The Hall–Kier alpha value is -1.46. The fraction of sp³-hybridized carbons (Fsp3) is 0.500. The normalized spacial score (nSPS) is 21.9. The molecule has 0 spiro atoms. The summed E-state index contributed by atoms with van der Waals surface area (Å²) in [5.41, 5.74) is 7.43. The first-order chi connectivity index (χ1) is 9.52. The van der Waals surface area contributed by atoms with Gasteiger partial charge in [-0.2, -0.15) is 0 Å². The average Bonchev–Trinajstić information content (AvgIpc) is 2.58. The third kappa shape index (κ3) is 3.16. The van der Waals surface area contributed by atoms with E-state index in [1.165, 1.54) is 0 Å². The molecular formula is C14H21ClN4O. The number of hydrogen-bond donors (Lipinski definition) is 2. The topological polar surface area (TPSA) is 65.1 Å². The molecule has 1 aromatic rings. The maximum Gasteiger partial charge on any atom is 0.172 e. The van der Waals surface area contributed by atoms with Crippen molar-refractivity contribution in [3.8, 4) is 0 Å². The number of likely N-dealkylation sites (N-methyl/N-ethyl adjacent to an activating group) is 1. The molecule has 3 N–H and O–H groups in total. The molecule has 0 aliphatic carbocycles. The van der Waals surface area contributed by atoms with Crippen molar-refractivity contribution in [2.24, 2.45) is 10.9 Å². The van der Waals surface area contributed by atoms with Crippen molar-refractivity contribution in [3.63, 3.8) is 0 Å². The lowest BCUT2D eigenvalue weighted by atomic mass is 10.1. The maximum atomic E-state index is 8.95. The SMILES string of the molecule is CC1CN(C)CCCN1c1cc(Cl)ccc1/C(N)=N/O. The molecule has 0 aromatic heterocycles. The molecule has 1 aliphatic heterocycles. The van der Waals surface area contributed by atoms with Crippen molar-refractivity contribution in [3.05, 3.63) is 28.8 Å². The first kappa shape index (κ1) is 14.9. The van der Waals surface area contributed by atoms with Gasteiger partial charge in [0, 0.05) is 35.4 Å². The van der Waals surface area contributed by atoms with Crippen molar-refractivity contribution < 1.29 is 5.21 Å². The largest absolute Gasteiger partial charge is 0.409 e. The lowest BCUT2D eigenvalue weighted by Crippen LogP contribution is -2.39. The van der Waals surface area contributed by atoms with E-state index < -0.39 is 0 Å². The van der Waals surface area contributed by atoms with Gasteiger partial charge in [0.25, 0.3) is 0 Å². The summed E-state index contributed by atoms with van der Waals surface area (Å²) in [4.78, 5) is 4.60. The molecule has 20 heavy (non-hydrogen) atoms. The monoisotopic (exact) mass is 296 g/mol. The number of rotatable bonds is 2. The Bertz CT molecular complexity index is 506. The summed E-state index contributed by atoms with van der Waals surface area (Å²) in [6.45, 7) is 5.15. The third-order valence-corrected chi connectivity index (χ3v) is 3.93. The van der Waals surface area contributed by atoms with Crippen LogP contribution in [0.2, 0.25) is 5.02 Å². The number of halogens is 1. The van der Waals surface area contributed by atoms with Gasteiger partial charge >= 0.3 is 0 Å². The van der Waals surface area contributed by atoms with E-state index in [1.807, 2.05) is 6.07 Å². The van der Waals surface area contributed by atoms with Crippen LogP contribution in [0.5, 0.6) is 0 Å². The van der Waals surface area contributed by atoms with Gasteiger partial charge < -0.3 is 20.7 Å². The number of oxime groups is 1. The van der Waals surface area contributed by atoms with Crippen molar-refractivity contribution >= 4 is 23.1 Å². The minimum absolute atomic E-state index is 0.112. The summed E-state index contributed by atoms with van der Waals surface area (Å²) in [6, 6.07) is 5.78. The van der Waals surface area contributed by atoms with Crippen LogP contribution in [0.4, 0.5) is 5.69 Å². The van der Waals surface area contributed by atoms with E-state index in [9.17, 15) is 0 Å². The summed E-state index contributed by atoms with van der Waals surface area (Å²) < 4.78 is 0. The number of nitrogens with zero attached hydrogens (tertiary/aromatic N) is 3. The molecule has 0 saturated carbocycles. The van der Waals surface area contributed by atoms with Gasteiger partial charge in [-0.3, -0.25) is 0 Å². The highest BCUT2D eigenvalue weighted by Crippen LogP contribution is 2.28. The zero-order valence-corrected chi connectivity index (χ0v) is 12.6. The molecule has 5 nitrogen and oxygen atoms in total. The van der Waals surface area contributed by atoms with E-state index in [0.29, 0.717) is 16.6 Å². The van der Waals surface area contributed by atoms with Gasteiger partial charge in [-0.1, -0.05) is 16.8 Å². The zero-order valence-electron chi connectivity index (χ0n) is 11.9. The van der Waals surface area contributed by atoms with Gasteiger partial charge in [0.15, 0.2) is 5.84 Å². The molecule has 1 unspecified atom stereocenters. The summed E-state index contributed by atoms with van der Waals surface area (Å²) in [7, 11) is 2.13. The van der Waals surface area contributed by atoms with Crippen LogP contribution < -0.4 is 10.6 Å². The number of anilines is 1. The molecule has 6 heteroatoms. The smallest absolute Gasteiger partial charge is 0.172 e. The number of hydrogen-bond acceptors (Lipinski definition) is 4. The van der Waals surface area contributed by atoms with Gasteiger partial charge in [0.05, 0.1) is 0 Å². The average molecular weight is 297 g/mol. The van der Waals surface area contributed by atoms with E-state index in [2.05, 4.69) is 28.9 Å². The Labute approximate surface area is 124 Å². The standard InChI is InChI=1S/C14H21ClN4O/c1-10-9-18(2)6-3-7-19(10)13-8-11(15)4-5-12(13)14(16)17-20/h4-5,8,10,20H,3,6-7,9H2,1-2H3,(H2,16,17). The molecule has 1 aromatic carbocycles. The predicted molar refractivity (Wildman–Crippen MR) is 82.9 cm³/mol. The van der Waals surface area contributed by atoms with Crippen LogP contribution >= 0.6 is 11.6 Å². The van der Waals surface area contributed by atoms with Gasteiger partial charge in [-0.05, 0) is 45.1 Å². The Kier molecular flexibility index (Phi) is 4.73. The Morgan fingerprint density at radius 3 is 2.90 bits per heavy atom. The minimum atomic E-state index is 0.112. The maximum absolute atomic E-state index is 8.95. The summed E-state index contributed by atoms with van der Waals surface area (Å²) in [6.07, 6.45) is 1.07. The minimum Gasteiger partial charge on any atom is -0.409 e. The van der Waals surface area contributed by atoms with Gasteiger partial charge in [0.1, 0.15) is 0 Å². The summed E-state index contributed by atoms with van der Waals surface area (Å²) in [5, 5.41) is 12.7. The molecular weight excluding hydrogens is 276 g/mol. The molecule has 0 radical (unpaired) electrons. The Balaban J connectivity index is 2.42. The second-order valence-corrected chi connectivity index (χ2v) is 5.74. The molecule has 2 rings (SSSR count). The molecule has 0 bridgehead atoms. The first-order valence-electron chi connectivity index (χ1n) is 6.75. The number of nitrogens with two attached hydrogens (primary N) is 1. The van der Waals surface area contributed by atoms with E-state index in [1.54, 1.807) is 12.1 Å². The van der Waals surface area contributed by atoms with E-state index in [0.717, 1.165) is 31.7 Å². The third-order valence-electron chi connectivity index (χ3n) is 3.70. The first-order valence-corrected chi connectivity index (χ1v) is 7.13. The van der Waals surface area contributed by atoms with Crippen molar-refractivity contribution in [2.45, 2.75) is 19.4 Å². The van der Waals surface area contributed by atoms with Gasteiger partial charge in [0.2, 0.25) is 0 Å². The van der Waals surface area contributed by atoms with Crippen molar-refractivity contribution in [1.29, 1.82) is 0 Å². The molecule has 1 heterocycles. The second-order valence-electron chi connectivity index (χ2n) is 5.30. The Morgan fingerprint density at radius 2 is 2.20 bits per heavy atom. The fourth-order valence-electron chi connectivity index (χ4n) is 2.74. The molecule has 1 saturated heterocycles. The van der Waals surface area contributed by atoms with Gasteiger partial charge in [-0.15, -0.1) is 0 Å². The van der Waals surface area contributed by atoms with Crippen molar-refractivity contribution in [2.75, 3.05) is 31.6 Å². The number of amidine groups is 1. The van der Waals surface area contributed by atoms with Crippen molar-refractivity contribution in [1.82, 2.24) is 4.90 Å². The molecule has 1 atom stereocenters. The van der Waals surface area contributed by atoms with Crippen LogP contribution in [-0.2, 0) is 0 Å². The summed E-state index contributed by atoms with van der Waals surface area (Å²) >= 11 is 6.12. The van der Waals surface area contributed by atoms with E-state index in [-0.39, 0.29) is 5.84 Å². The Morgan fingerprint density at radius 1 is 1.45 bits per heavy atom. The highest BCUT2D eigenvalue weighted by atomic mass is 35.5. The quantitative estimate of drug-likeness (QED) is 0.379. The second kappa shape index (κ2) is 6.33. The van der Waals surface area contributed by atoms with Crippen LogP contribution in [0.3, 0.4) is 0 Å². The molecule has 1 aliphatic rings. The lowest BCUT2D eigenvalue weighted by Gasteiger charge is -2.31. The number of benzene rings is 1. The van der Waals surface area contributed by atoms with Crippen LogP contribution in [0.15, 0.2) is 23.4 Å². The van der Waals surface area contributed by atoms with E-state index >= 15 is 0 Å². The fourth-order valence-corrected chi connectivity index (χ4v) is 2.91. The summed E-state index contributed by atoms with van der Waals surface area (Å²) in [5.74, 6) is 0.112. The molecule has 0 amide bonds.